The van der Waals surface area contributed by atoms with E-state index in [4.69, 9.17) is 4.74 Å². The number of nitrogens with zero attached hydrogens (tertiary/aromatic N) is 2. The van der Waals surface area contributed by atoms with Crippen molar-refractivity contribution in [2.24, 2.45) is 0 Å². The standard InChI is InChI=1S/C25H38N4O4S/c1-7-8-15-27-22(30)21(19-12-10-9-11-18(19)2)29(16-14-26)23(31)20(13-17-34-6)28-24(32)33-25(3,4)5/h9-12,20-21H,7-8,13,15-17H2,1-6H3,(H,27,30)(H,28,32). The van der Waals surface area contributed by atoms with Gasteiger partial charge < -0.3 is 20.3 Å². The first kappa shape index (κ1) is 29.3. The molecule has 0 bridgehead atoms. The molecule has 0 radical (unpaired) electrons. The average Bonchev–Trinajstić information content (AvgIpc) is 2.76. The molecule has 0 aliphatic rings. The second-order valence-electron chi connectivity index (χ2n) is 9.01. The average molecular weight is 491 g/mol. The molecule has 0 aliphatic carbocycles. The number of unbranched alkanes of at least 4 members (excludes halogenated alkanes) is 1. The summed E-state index contributed by atoms with van der Waals surface area (Å²) < 4.78 is 5.34. The summed E-state index contributed by atoms with van der Waals surface area (Å²) in [5, 5.41) is 15.1. The molecule has 8 nitrogen and oxygen atoms in total. The molecule has 1 rings (SSSR count). The third kappa shape index (κ3) is 9.64. The Morgan fingerprint density at radius 3 is 2.47 bits per heavy atom. The minimum atomic E-state index is -0.998. The molecular weight excluding hydrogens is 452 g/mol. The zero-order valence-electron chi connectivity index (χ0n) is 21.1. The van der Waals surface area contributed by atoms with Crippen LogP contribution in [0.25, 0.3) is 0 Å². The van der Waals surface area contributed by atoms with Crippen LogP contribution >= 0.6 is 11.8 Å². The molecule has 188 valence electrons. The minimum absolute atomic E-state index is 0.301. The van der Waals surface area contributed by atoms with E-state index in [-0.39, 0.29) is 12.5 Å². The number of carbonyl (C=O) groups is 3. The Hall–Kier alpha value is -2.73. The second-order valence-corrected chi connectivity index (χ2v) is 9.99. The number of thioether (sulfide) groups is 1. The third-order valence-corrected chi connectivity index (χ3v) is 5.64. The zero-order chi connectivity index (χ0) is 25.7. The van der Waals surface area contributed by atoms with Crippen molar-refractivity contribution < 1.29 is 19.1 Å². The summed E-state index contributed by atoms with van der Waals surface area (Å²) >= 11 is 1.53. The molecule has 0 fully saturated rings. The maximum absolute atomic E-state index is 13.7. The maximum atomic E-state index is 13.7. The van der Waals surface area contributed by atoms with Gasteiger partial charge in [-0.2, -0.15) is 17.0 Å². The van der Waals surface area contributed by atoms with Crippen molar-refractivity contribution >= 4 is 29.7 Å². The van der Waals surface area contributed by atoms with Crippen LogP contribution < -0.4 is 10.6 Å². The Bertz CT molecular complexity index is 863. The molecule has 0 spiro atoms. The normalized spacial score (nSPS) is 12.7. The van der Waals surface area contributed by atoms with Gasteiger partial charge in [0, 0.05) is 6.54 Å². The molecule has 2 N–H and O–H groups in total. The van der Waals surface area contributed by atoms with Gasteiger partial charge >= 0.3 is 6.09 Å². The van der Waals surface area contributed by atoms with Gasteiger partial charge in [0.15, 0.2) is 0 Å². The van der Waals surface area contributed by atoms with Gasteiger partial charge in [0.1, 0.15) is 24.2 Å². The van der Waals surface area contributed by atoms with Crippen molar-refractivity contribution in [1.29, 1.82) is 5.26 Å². The number of alkyl carbamates (subject to hydrolysis) is 1. The van der Waals surface area contributed by atoms with Crippen LogP contribution in [0.1, 0.15) is 64.1 Å². The summed E-state index contributed by atoms with van der Waals surface area (Å²) in [6.07, 6.45) is 3.23. The topological polar surface area (TPSA) is 112 Å². The van der Waals surface area contributed by atoms with Crippen molar-refractivity contribution in [3.63, 3.8) is 0 Å². The lowest BCUT2D eigenvalue weighted by Crippen LogP contribution is -2.53. The number of benzene rings is 1. The van der Waals surface area contributed by atoms with Gasteiger partial charge in [-0.05, 0) is 63.7 Å². The highest BCUT2D eigenvalue weighted by molar-refractivity contribution is 7.98. The Morgan fingerprint density at radius 1 is 1.24 bits per heavy atom. The van der Waals surface area contributed by atoms with Crippen molar-refractivity contribution in [3.05, 3.63) is 35.4 Å². The molecule has 9 heteroatoms. The number of amides is 3. The van der Waals surface area contributed by atoms with E-state index < -0.39 is 29.7 Å². The van der Waals surface area contributed by atoms with Gasteiger partial charge in [0.05, 0.1) is 6.07 Å². The smallest absolute Gasteiger partial charge is 0.408 e. The Balaban J connectivity index is 3.37. The number of hydrogen-bond acceptors (Lipinski definition) is 6. The number of nitrogens with one attached hydrogen (secondary N) is 2. The summed E-state index contributed by atoms with van der Waals surface area (Å²) in [7, 11) is 0. The molecule has 0 heterocycles. The van der Waals surface area contributed by atoms with E-state index in [9.17, 15) is 19.6 Å². The molecule has 1 aromatic rings. The first-order valence-corrected chi connectivity index (χ1v) is 12.9. The fourth-order valence-electron chi connectivity index (χ4n) is 3.34. The van der Waals surface area contributed by atoms with E-state index in [0.29, 0.717) is 24.3 Å². The highest BCUT2D eigenvalue weighted by Crippen LogP contribution is 2.26. The van der Waals surface area contributed by atoms with Crippen molar-refractivity contribution in [2.45, 2.75) is 71.6 Å². The van der Waals surface area contributed by atoms with E-state index >= 15 is 0 Å². The highest BCUT2D eigenvalue weighted by atomic mass is 32.2. The minimum Gasteiger partial charge on any atom is -0.444 e. The molecule has 0 saturated heterocycles. The third-order valence-electron chi connectivity index (χ3n) is 5.00. The Kier molecular flexibility index (Phi) is 12.5. The number of nitriles is 1. The van der Waals surface area contributed by atoms with Crippen molar-refractivity contribution in [3.8, 4) is 6.07 Å². The van der Waals surface area contributed by atoms with E-state index in [1.807, 2.05) is 38.3 Å². The lowest BCUT2D eigenvalue weighted by Gasteiger charge is -2.33. The number of rotatable bonds is 12. The monoisotopic (exact) mass is 490 g/mol. The lowest BCUT2D eigenvalue weighted by molar-refractivity contribution is -0.141. The van der Waals surface area contributed by atoms with Gasteiger partial charge in [0.25, 0.3) is 0 Å². The molecule has 0 aromatic heterocycles. The predicted molar refractivity (Wildman–Crippen MR) is 135 cm³/mol. The zero-order valence-corrected chi connectivity index (χ0v) is 22.0. The summed E-state index contributed by atoms with van der Waals surface area (Å²) in [6.45, 7) is 9.27. The summed E-state index contributed by atoms with van der Waals surface area (Å²) in [5.74, 6) is -0.253. The second kappa shape index (κ2) is 14.5. The van der Waals surface area contributed by atoms with Crippen LogP contribution in [0.4, 0.5) is 4.79 Å². The van der Waals surface area contributed by atoms with E-state index in [0.717, 1.165) is 18.4 Å². The van der Waals surface area contributed by atoms with Gasteiger partial charge in [-0.3, -0.25) is 9.59 Å². The fraction of sp³-hybridized carbons (Fsp3) is 0.600. The van der Waals surface area contributed by atoms with Crippen LogP contribution in [-0.4, -0.2) is 59.5 Å². The largest absolute Gasteiger partial charge is 0.444 e. The SMILES string of the molecule is CCCCNC(=O)C(c1ccccc1C)N(CC#N)C(=O)C(CCSC)NC(=O)OC(C)(C)C. The lowest BCUT2D eigenvalue weighted by atomic mass is 9.98. The predicted octanol–water partition coefficient (Wildman–Crippen LogP) is 3.95. The van der Waals surface area contributed by atoms with Gasteiger partial charge in [0.2, 0.25) is 11.8 Å². The van der Waals surface area contributed by atoms with Crippen LogP contribution in [0, 0.1) is 18.3 Å². The summed E-state index contributed by atoms with van der Waals surface area (Å²) in [5.41, 5.74) is 0.738. The van der Waals surface area contributed by atoms with Gasteiger partial charge in [-0.25, -0.2) is 4.79 Å². The maximum Gasteiger partial charge on any atom is 0.408 e. The van der Waals surface area contributed by atoms with Crippen LogP contribution in [0.15, 0.2) is 24.3 Å². The Morgan fingerprint density at radius 2 is 1.91 bits per heavy atom. The molecule has 1 aromatic carbocycles. The number of hydrogen-bond donors (Lipinski definition) is 2. The first-order valence-electron chi connectivity index (χ1n) is 11.5. The van der Waals surface area contributed by atoms with Gasteiger partial charge in [-0.1, -0.05) is 37.6 Å². The van der Waals surface area contributed by atoms with E-state index in [2.05, 4.69) is 10.6 Å². The van der Waals surface area contributed by atoms with E-state index in [1.165, 1.54) is 16.7 Å². The Labute approximate surface area is 207 Å². The molecule has 2 atom stereocenters. The molecular formula is C25H38N4O4S. The molecule has 0 aliphatic heterocycles. The fourth-order valence-corrected chi connectivity index (χ4v) is 3.82. The van der Waals surface area contributed by atoms with Gasteiger partial charge in [-0.15, -0.1) is 0 Å². The molecule has 34 heavy (non-hydrogen) atoms. The van der Waals surface area contributed by atoms with Crippen LogP contribution in [0.3, 0.4) is 0 Å². The molecule has 3 amide bonds. The van der Waals surface area contributed by atoms with E-state index in [1.54, 1.807) is 32.9 Å². The quantitative estimate of drug-likeness (QED) is 0.339. The van der Waals surface area contributed by atoms with Crippen molar-refractivity contribution in [2.75, 3.05) is 25.1 Å². The number of carbonyl (C=O) groups excluding carboxylic acids is 3. The number of ether oxygens (including phenoxy) is 1. The van der Waals surface area contributed by atoms with Crippen LogP contribution in [-0.2, 0) is 14.3 Å². The summed E-state index contributed by atoms with van der Waals surface area (Å²) in [6, 6.07) is 7.38. The molecule has 0 saturated carbocycles. The highest BCUT2D eigenvalue weighted by Gasteiger charge is 2.36. The van der Waals surface area contributed by atoms with Crippen LogP contribution in [0.2, 0.25) is 0 Å². The summed E-state index contributed by atoms with van der Waals surface area (Å²) in [4.78, 5) is 40.7. The first-order chi connectivity index (χ1) is 16.1. The number of aryl methyl sites for hydroxylation is 1. The molecule has 2 unspecified atom stereocenters. The van der Waals surface area contributed by atoms with Crippen molar-refractivity contribution in [1.82, 2.24) is 15.5 Å². The van der Waals surface area contributed by atoms with Crippen LogP contribution in [0.5, 0.6) is 0 Å².